The molecule has 3 amide bonds. The predicted octanol–water partition coefficient (Wildman–Crippen LogP) is 1.18. The SMILES string of the molecule is COC(=O)[C@H](CNC(=O)CNC(=O)c1cccc(Nc2ccccn2)c1)NC(=O)[C@@H]1CCCN1S(=O)(=O)c1ccccc1. The number of esters is 1. The van der Waals surface area contributed by atoms with Crippen molar-refractivity contribution in [3.8, 4) is 0 Å². The van der Waals surface area contributed by atoms with E-state index in [0.717, 1.165) is 11.4 Å². The number of pyridine rings is 1. The number of nitrogens with one attached hydrogen (secondary N) is 4. The van der Waals surface area contributed by atoms with Crippen LogP contribution in [0.3, 0.4) is 0 Å². The zero-order valence-electron chi connectivity index (χ0n) is 23.4. The highest BCUT2D eigenvalue weighted by molar-refractivity contribution is 7.89. The third-order valence-corrected chi connectivity index (χ3v) is 8.56. The molecule has 3 aromatic rings. The maximum absolute atomic E-state index is 13.1. The minimum absolute atomic E-state index is 0.0599. The summed E-state index contributed by atoms with van der Waals surface area (Å²) in [6.45, 7) is -0.588. The normalized spacial score (nSPS) is 15.6. The van der Waals surface area contributed by atoms with Crippen molar-refractivity contribution >= 4 is 45.2 Å². The average molecular weight is 609 g/mol. The number of hydrogen-bond acceptors (Lipinski definition) is 9. The zero-order valence-corrected chi connectivity index (χ0v) is 24.2. The summed E-state index contributed by atoms with van der Waals surface area (Å²) < 4.78 is 32.1. The van der Waals surface area contributed by atoms with Crippen molar-refractivity contribution in [2.75, 3.05) is 32.1 Å². The number of aromatic nitrogens is 1. The molecule has 1 saturated heterocycles. The number of nitrogens with zero attached hydrogens (tertiary/aromatic N) is 2. The number of carbonyl (C=O) groups is 4. The second-order valence-corrected chi connectivity index (χ2v) is 11.5. The molecule has 0 radical (unpaired) electrons. The summed E-state index contributed by atoms with van der Waals surface area (Å²) >= 11 is 0. The minimum Gasteiger partial charge on any atom is -0.467 e. The van der Waals surface area contributed by atoms with Gasteiger partial charge in [0.05, 0.1) is 18.6 Å². The summed E-state index contributed by atoms with van der Waals surface area (Å²) in [7, 11) is -2.81. The van der Waals surface area contributed by atoms with Crippen molar-refractivity contribution in [3.05, 3.63) is 84.6 Å². The highest BCUT2D eigenvalue weighted by Crippen LogP contribution is 2.26. The Hall–Kier alpha value is -4.82. The Labute approximate surface area is 249 Å². The van der Waals surface area contributed by atoms with Gasteiger partial charge in [-0.15, -0.1) is 0 Å². The van der Waals surface area contributed by atoms with Crippen LogP contribution in [0.25, 0.3) is 0 Å². The van der Waals surface area contributed by atoms with E-state index in [4.69, 9.17) is 4.74 Å². The third kappa shape index (κ3) is 8.14. The van der Waals surface area contributed by atoms with Crippen LogP contribution in [0.4, 0.5) is 11.5 Å². The van der Waals surface area contributed by atoms with Gasteiger partial charge in [-0.25, -0.2) is 18.2 Å². The van der Waals surface area contributed by atoms with E-state index < -0.39 is 52.3 Å². The summed E-state index contributed by atoms with van der Waals surface area (Å²) in [5.74, 6) is -2.03. The lowest BCUT2D eigenvalue weighted by molar-refractivity contribution is -0.145. The predicted molar refractivity (Wildman–Crippen MR) is 157 cm³/mol. The van der Waals surface area contributed by atoms with E-state index in [2.05, 4.69) is 26.3 Å². The second-order valence-electron chi connectivity index (χ2n) is 9.58. The smallest absolute Gasteiger partial charge is 0.330 e. The number of rotatable bonds is 12. The first kappa shape index (κ1) is 31.1. The fraction of sp³-hybridized carbons (Fsp3) is 0.276. The number of hydrogen-bond donors (Lipinski definition) is 4. The number of benzene rings is 2. The number of anilines is 2. The van der Waals surface area contributed by atoms with Crippen LogP contribution < -0.4 is 21.3 Å². The maximum Gasteiger partial charge on any atom is 0.330 e. The van der Waals surface area contributed by atoms with Crippen LogP contribution in [0.2, 0.25) is 0 Å². The summed E-state index contributed by atoms with van der Waals surface area (Å²) in [5.41, 5.74) is 0.935. The Morgan fingerprint density at radius 2 is 1.77 bits per heavy atom. The molecule has 2 heterocycles. The van der Waals surface area contributed by atoms with Crippen molar-refractivity contribution in [3.63, 3.8) is 0 Å². The van der Waals surface area contributed by atoms with Gasteiger partial charge in [-0.05, 0) is 55.3 Å². The Bertz CT molecular complexity index is 1550. The van der Waals surface area contributed by atoms with Crippen LogP contribution in [0.1, 0.15) is 23.2 Å². The van der Waals surface area contributed by atoms with Gasteiger partial charge in [-0.1, -0.05) is 30.3 Å². The van der Waals surface area contributed by atoms with Crippen LogP contribution >= 0.6 is 0 Å². The summed E-state index contributed by atoms with van der Waals surface area (Å²) in [6.07, 6.45) is 2.36. The largest absolute Gasteiger partial charge is 0.467 e. The Balaban J connectivity index is 1.31. The second kappa shape index (κ2) is 14.4. The Kier molecular flexibility index (Phi) is 10.4. The molecule has 0 bridgehead atoms. The van der Waals surface area contributed by atoms with E-state index in [-0.39, 0.29) is 24.4 Å². The minimum atomic E-state index is -3.94. The molecule has 1 fully saturated rings. The fourth-order valence-corrected chi connectivity index (χ4v) is 6.16. The van der Waals surface area contributed by atoms with Crippen molar-refractivity contribution in [1.29, 1.82) is 0 Å². The molecule has 4 rings (SSSR count). The van der Waals surface area contributed by atoms with Crippen molar-refractivity contribution in [2.24, 2.45) is 0 Å². The van der Waals surface area contributed by atoms with Crippen LogP contribution in [-0.2, 0) is 29.1 Å². The Morgan fingerprint density at radius 1 is 1.00 bits per heavy atom. The quantitative estimate of drug-likeness (QED) is 0.220. The molecule has 226 valence electrons. The third-order valence-electron chi connectivity index (χ3n) is 6.63. The first-order valence-electron chi connectivity index (χ1n) is 13.5. The number of amides is 3. The van der Waals surface area contributed by atoms with Gasteiger partial charge in [0, 0.05) is 30.5 Å². The molecule has 0 saturated carbocycles. The monoisotopic (exact) mass is 608 g/mol. The van der Waals surface area contributed by atoms with E-state index in [9.17, 15) is 27.6 Å². The van der Waals surface area contributed by atoms with Gasteiger partial charge >= 0.3 is 5.97 Å². The number of sulfonamides is 1. The molecule has 1 aliphatic rings. The number of methoxy groups -OCH3 is 1. The first-order chi connectivity index (χ1) is 20.7. The highest BCUT2D eigenvalue weighted by Gasteiger charge is 2.40. The molecule has 1 aliphatic heterocycles. The highest BCUT2D eigenvalue weighted by atomic mass is 32.2. The van der Waals surface area contributed by atoms with Gasteiger partial charge in [0.25, 0.3) is 5.91 Å². The van der Waals surface area contributed by atoms with Crippen molar-refractivity contribution < 1.29 is 32.3 Å². The zero-order chi connectivity index (χ0) is 30.8. The summed E-state index contributed by atoms with van der Waals surface area (Å²) in [6, 6.07) is 17.5. The van der Waals surface area contributed by atoms with Crippen LogP contribution in [0, 0.1) is 0 Å². The first-order valence-corrected chi connectivity index (χ1v) is 14.9. The van der Waals surface area contributed by atoms with Crippen LogP contribution in [0.15, 0.2) is 83.9 Å². The molecule has 2 atom stereocenters. The average Bonchev–Trinajstić information content (AvgIpc) is 3.54. The van der Waals surface area contributed by atoms with Crippen molar-refractivity contribution in [1.82, 2.24) is 25.2 Å². The molecular formula is C29H32N6O7S. The van der Waals surface area contributed by atoms with E-state index >= 15 is 0 Å². The lowest BCUT2D eigenvalue weighted by atomic mass is 10.2. The molecule has 14 heteroatoms. The topological polar surface area (TPSA) is 176 Å². The molecule has 4 N–H and O–H groups in total. The molecular weight excluding hydrogens is 576 g/mol. The molecule has 13 nitrogen and oxygen atoms in total. The maximum atomic E-state index is 13.1. The lowest BCUT2D eigenvalue weighted by Gasteiger charge is -2.25. The van der Waals surface area contributed by atoms with Crippen molar-refractivity contribution in [2.45, 2.75) is 29.8 Å². The van der Waals surface area contributed by atoms with E-state index in [1.807, 2.05) is 6.07 Å². The number of carbonyl (C=O) groups excluding carboxylic acids is 4. The van der Waals surface area contributed by atoms with Gasteiger partial charge in [0.1, 0.15) is 17.9 Å². The van der Waals surface area contributed by atoms with Crippen LogP contribution in [0.5, 0.6) is 0 Å². The molecule has 1 aromatic heterocycles. The van der Waals surface area contributed by atoms with E-state index in [1.165, 1.54) is 12.1 Å². The Morgan fingerprint density at radius 3 is 2.49 bits per heavy atom. The van der Waals surface area contributed by atoms with Gasteiger partial charge in [-0.3, -0.25) is 14.4 Å². The number of ether oxygens (including phenoxy) is 1. The molecule has 43 heavy (non-hydrogen) atoms. The molecule has 0 aliphatic carbocycles. The molecule has 0 unspecified atom stereocenters. The molecule has 0 spiro atoms. The standard InChI is InChI=1S/C29H32N6O7S/c1-42-29(39)23(34-28(38)24-13-8-16-35(24)43(40,41)22-11-3-2-4-12-22)18-31-26(36)19-32-27(37)20-9-7-10-21(17-20)33-25-14-5-6-15-30-25/h2-7,9-12,14-15,17,23-24H,8,13,16,18-19H2,1H3,(H,30,33)(H,31,36)(H,32,37)(H,34,38)/t23-,24-/m0/s1. The lowest BCUT2D eigenvalue weighted by Crippen LogP contribution is -2.55. The van der Waals surface area contributed by atoms with Gasteiger partial charge in [-0.2, -0.15) is 4.31 Å². The fourth-order valence-electron chi connectivity index (χ4n) is 4.48. The molecule has 2 aromatic carbocycles. The summed E-state index contributed by atoms with van der Waals surface area (Å²) in [5, 5.41) is 10.6. The van der Waals surface area contributed by atoms with Gasteiger partial charge in [0.15, 0.2) is 0 Å². The van der Waals surface area contributed by atoms with Gasteiger partial charge in [0.2, 0.25) is 21.8 Å². The van der Waals surface area contributed by atoms with Gasteiger partial charge < -0.3 is 26.0 Å². The van der Waals surface area contributed by atoms with E-state index in [1.54, 1.807) is 60.8 Å². The van der Waals surface area contributed by atoms with Crippen LogP contribution in [-0.4, -0.2) is 80.2 Å². The van der Waals surface area contributed by atoms with E-state index in [0.29, 0.717) is 23.5 Å². The summed E-state index contributed by atoms with van der Waals surface area (Å²) in [4.78, 5) is 54.9.